The van der Waals surface area contributed by atoms with Gasteiger partial charge in [-0.05, 0) is 27.3 Å². The van der Waals surface area contributed by atoms with E-state index in [1.165, 1.54) is 0 Å². The number of likely N-dealkylation sites (N-methyl/N-ethyl adjacent to an activating group) is 1. The molecule has 1 saturated heterocycles. The molecule has 0 spiro atoms. The summed E-state index contributed by atoms with van der Waals surface area (Å²) in [6, 6.07) is 0.112. The molecule has 0 N–H and O–H groups in total. The monoisotopic (exact) mass is 337 g/mol. The fourth-order valence-electron chi connectivity index (χ4n) is 3.16. The van der Waals surface area contributed by atoms with Gasteiger partial charge in [-0.25, -0.2) is 9.37 Å². The van der Waals surface area contributed by atoms with Crippen LogP contribution in [0.25, 0.3) is 0 Å². The average Bonchev–Trinajstić information content (AvgIpc) is 3.13. The largest absolute Gasteiger partial charge is 0.444 e. The third kappa shape index (κ3) is 3.99. The highest BCUT2D eigenvalue weighted by atomic mass is 19.1. The minimum atomic E-state index is -0.817. The summed E-state index contributed by atoms with van der Waals surface area (Å²) in [5, 5.41) is 3.91. The van der Waals surface area contributed by atoms with Crippen LogP contribution in [-0.2, 0) is 13.1 Å². The number of alkyl halides is 1. The fourth-order valence-corrected chi connectivity index (χ4v) is 3.16. The second-order valence-electron chi connectivity index (χ2n) is 6.59. The Morgan fingerprint density at radius 1 is 1.29 bits per heavy atom. The van der Waals surface area contributed by atoms with Crippen molar-refractivity contribution >= 4 is 0 Å². The number of hydrogen-bond donors (Lipinski definition) is 0. The highest BCUT2D eigenvalue weighted by Gasteiger charge is 2.33. The summed E-state index contributed by atoms with van der Waals surface area (Å²) in [4.78, 5) is 12.8. The van der Waals surface area contributed by atoms with E-state index in [0.29, 0.717) is 43.7 Å². The molecule has 132 valence electrons. The minimum Gasteiger partial charge on any atom is -0.444 e. The lowest BCUT2D eigenvalue weighted by Crippen LogP contribution is -2.38. The Balaban J connectivity index is 1.59. The number of hydrogen-bond acceptors (Lipinski definition) is 7. The van der Waals surface area contributed by atoms with Crippen LogP contribution < -0.4 is 0 Å². The SMILES string of the molecule is Cc1nc(CN2C[C@@H](F)C[C@H]2CN(C)Cc2nc(C)c(C)o2)no1. The van der Waals surface area contributed by atoms with Gasteiger partial charge in [0.05, 0.1) is 18.8 Å². The van der Waals surface area contributed by atoms with Crippen LogP contribution in [0.3, 0.4) is 0 Å². The standard InChI is InChI=1S/C16H24FN5O2/c1-10-11(2)23-16(18-10)9-21(4)7-14-5-13(17)6-22(14)8-15-19-12(3)24-20-15/h13-14H,5-9H2,1-4H3/t13-,14-/m0/s1. The number of aryl methyl sites for hydroxylation is 3. The Kier molecular flexibility index (Phi) is 4.96. The van der Waals surface area contributed by atoms with Crippen molar-refractivity contribution in [1.29, 1.82) is 0 Å². The van der Waals surface area contributed by atoms with Gasteiger partial charge in [-0.2, -0.15) is 4.98 Å². The zero-order valence-corrected chi connectivity index (χ0v) is 14.6. The molecule has 2 aromatic rings. The molecule has 0 unspecified atom stereocenters. The van der Waals surface area contributed by atoms with Crippen LogP contribution in [0, 0.1) is 20.8 Å². The summed E-state index contributed by atoms with van der Waals surface area (Å²) in [6.45, 7) is 7.85. The molecule has 0 aliphatic carbocycles. The van der Waals surface area contributed by atoms with E-state index >= 15 is 0 Å². The van der Waals surface area contributed by atoms with Crippen molar-refractivity contribution in [3.63, 3.8) is 0 Å². The number of halogens is 1. The molecular weight excluding hydrogens is 313 g/mol. The van der Waals surface area contributed by atoms with Crippen molar-refractivity contribution in [3.8, 4) is 0 Å². The molecule has 0 saturated carbocycles. The van der Waals surface area contributed by atoms with E-state index in [1.807, 2.05) is 20.9 Å². The van der Waals surface area contributed by atoms with Crippen LogP contribution in [0.1, 0.15) is 35.5 Å². The molecule has 3 heterocycles. The molecule has 1 fully saturated rings. The van der Waals surface area contributed by atoms with Gasteiger partial charge in [-0.3, -0.25) is 9.80 Å². The van der Waals surface area contributed by atoms with Gasteiger partial charge in [0.1, 0.15) is 11.9 Å². The fraction of sp³-hybridized carbons (Fsp3) is 0.688. The Labute approximate surface area is 140 Å². The van der Waals surface area contributed by atoms with Crippen LogP contribution in [-0.4, -0.2) is 57.3 Å². The van der Waals surface area contributed by atoms with E-state index in [-0.39, 0.29) is 6.04 Å². The van der Waals surface area contributed by atoms with Crippen molar-refractivity contribution in [2.24, 2.45) is 0 Å². The maximum atomic E-state index is 13.9. The summed E-state index contributed by atoms with van der Waals surface area (Å²) < 4.78 is 24.5. The molecule has 2 atom stereocenters. The first-order valence-corrected chi connectivity index (χ1v) is 8.19. The second-order valence-corrected chi connectivity index (χ2v) is 6.59. The molecule has 2 aromatic heterocycles. The molecule has 1 aliphatic heterocycles. The molecule has 0 bridgehead atoms. The van der Waals surface area contributed by atoms with Crippen LogP contribution in [0.2, 0.25) is 0 Å². The predicted octanol–water partition coefficient (Wildman–Crippen LogP) is 2.03. The van der Waals surface area contributed by atoms with Crippen molar-refractivity contribution in [2.75, 3.05) is 20.1 Å². The van der Waals surface area contributed by atoms with E-state index in [2.05, 4.69) is 24.9 Å². The van der Waals surface area contributed by atoms with Crippen LogP contribution >= 0.6 is 0 Å². The first-order valence-electron chi connectivity index (χ1n) is 8.19. The highest BCUT2D eigenvalue weighted by Crippen LogP contribution is 2.23. The van der Waals surface area contributed by atoms with Crippen LogP contribution in [0.5, 0.6) is 0 Å². The molecule has 3 rings (SSSR count). The number of nitrogens with zero attached hydrogens (tertiary/aromatic N) is 5. The van der Waals surface area contributed by atoms with Gasteiger partial charge < -0.3 is 8.94 Å². The van der Waals surface area contributed by atoms with Gasteiger partial charge in [-0.15, -0.1) is 0 Å². The maximum absolute atomic E-state index is 13.9. The van der Waals surface area contributed by atoms with E-state index < -0.39 is 6.17 Å². The number of oxazole rings is 1. The summed E-state index contributed by atoms with van der Waals surface area (Å²) in [6.07, 6.45) is -0.298. The molecule has 8 heteroatoms. The van der Waals surface area contributed by atoms with Crippen LogP contribution in [0.4, 0.5) is 4.39 Å². The third-order valence-electron chi connectivity index (χ3n) is 4.39. The lowest BCUT2D eigenvalue weighted by atomic mass is 10.2. The van der Waals surface area contributed by atoms with E-state index in [0.717, 1.165) is 18.0 Å². The van der Waals surface area contributed by atoms with Crippen molar-refractivity contribution in [2.45, 2.75) is 52.5 Å². The van der Waals surface area contributed by atoms with Crippen molar-refractivity contribution in [3.05, 3.63) is 29.1 Å². The molecule has 0 amide bonds. The van der Waals surface area contributed by atoms with E-state index in [1.54, 1.807) is 6.92 Å². The summed E-state index contributed by atoms with van der Waals surface area (Å²) >= 11 is 0. The second kappa shape index (κ2) is 6.98. The lowest BCUT2D eigenvalue weighted by Gasteiger charge is -2.26. The minimum absolute atomic E-state index is 0.112. The molecule has 0 aromatic carbocycles. The first-order chi connectivity index (χ1) is 11.4. The Morgan fingerprint density at radius 2 is 2.08 bits per heavy atom. The molecular formula is C16H24FN5O2. The molecule has 0 radical (unpaired) electrons. The van der Waals surface area contributed by atoms with Gasteiger partial charge in [-0.1, -0.05) is 5.16 Å². The van der Waals surface area contributed by atoms with E-state index in [9.17, 15) is 4.39 Å². The number of aromatic nitrogens is 3. The third-order valence-corrected chi connectivity index (χ3v) is 4.39. The van der Waals surface area contributed by atoms with Crippen molar-refractivity contribution < 1.29 is 13.3 Å². The smallest absolute Gasteiger partial charge is 0.223 e. The normalized spacial score (nSPS) is 21.9. The van der Waals surface area contributed by atoms with Gasteiger partial charge in [0.25, 0.3) is 0 Å². The zero-order chi connectivity index (χ0) is 17.3. The van der Waals surface area contributed by atoms with Gasteiger partial charge in [0.15, 0.2) is 5.82 Å². The lowest BCUT2D eigenvalue weighted by molar-refractivity contribution is 0.169. The maximum Gasteiger partial charge on any atom is 0.223 e. The Bertz CT molecular complexity index is 666. The Morgan fingerprint density at radius 3 is 2.71 bits per heavy atom. The van der Waals surface area contributed by atoms with Gasteiger partial charge in [0.2, 0.25) is 11.8 Å². The summed E-state index contributed by atoms with van der Waals surface area (Å²) in [5.41, 5.74) is 0.914. The van der Waals surface area contributed by atoms with Crippen LogP contribution in [0.15, 0.2) is 8.94 Å². The van der Waals surface area contributed by atoms with Gasteiger partial charge >= 0.3 is 0 Å². The first kappa shape index (κ1) is 17.0. The number of rotatable bonds is 6. The number of likely N-dealkylation sites (tertiary alicyclic amines) is 1. The van der Waals surface area contributed by atoms with E-state index in [4.69, 9.17) is 8.94 Å². The predicted molar refractivity (Wildman–Crippen MR) is 85.1 cm³/mol. The molecule has 24 heavy (non-hydrogen) atoms. The Hall–Kier alpha value is -1.80. The topological polar surface area (TPSA) is 71.4 Å². The summed E-state index contributed by atoms with van der Waals surface area (Å²) in [7, 11) is 2.00. The zero-order valence-electron chi connectivity index (χ0n) is 14.6. The quantitative estimate of drug-likeness (QED) is 0.798. The van der Waals surface area contributed by atoms with Gasteiger partial charge in [0, 0.05) is 26.1 Å². The van der Waals surface area contributed by atoms with Crippen molar-refractivity contribution in [1.82, 2.24) is 24.9 Å². The molecule has 1 aliphatic rings. The highest BCUT2D eigenvalue weighted by molar-refractivity contribution is 5.05. The molecule has 7 nitrogen and oxygen atoms in total. The average molecular weight is 337 g/mol. The summed E-state index contributed by atoms with van der Waals surface area (Å²) in [5.74, 6) is 2.68.